The molecule has 0 aliphatic carbocycles. The molecule has 0 saturated carbocycles. The number of carbonyl (C=O) groups excluding carboxylic acids is 3. The first-order valence-electron chi connectivity index (χ1n) is 15.1. The maximum absolute atomic E-state index is 14.7. The maximum Gasteiger partial charge on any atom is 0.322 e. The number of nitrogens with zero attached hydrogens (tertiary/aromatic N) is 1. The van der Waals surface area contributed by atoms with Gasteiger partial charge in [0.05, 0.1) is 24.4 Å². The zero-order chi connectivity index (χ0) is 32.4. The summed E-state index contributed by atoms with van der Waals surface area (Å²) in [4.78, 5) is 41.9. The maximum atomic E-state index is 14.7. The molecule has 3 aliphatic rings. The van der Waals surface area contributed by atoms with E-state index >= 15 is 0 Å². The second-order valence-electron chi connectivity index (χ2n) is 11.7. The number of carbonyl (C=O) groups is 3. The fourth-order valence-corrected chi connectivity index (χ4v) is 6.22. The minimum Gasteiger partial charge on any atom is -0.493 e. The predicted molar refractivity (Wildman–Crippen MR) is 166 cm³/mol. The SMILES string of the molecule is O=C1N[C@H]2C[C@@H](C(=O)NC[C@H]3O[C@H](CCOc4cc(-c5ccc(F)cc5F)ccc41)CC[C@@H]3O)N(C(=O)Nc1ccc(Cl)cc1)C2. The summed E-state index contributed by atoms with van der Waals surface area (Å²) in [5.74, 6) is -2.23. The number of likely N-dealkylation sites (tertiary alicyclic amines) is 1. The molecule has 6 rings (SSSR count). The summed E-state index contributed by atoms with van der Waals surface area (Å²) in [5, 5.41) is 19.6. The number of hydrogen-bond acceptors (Lipinski definition) is 6. The van der Waals surface area contributed by atoms with Crippen LogP contribution in [-0.2, 0) is 9.53 Å². The Morgan fingerprint density at radius 2 is 1.78 bits per heavy atom. The van der Waals surface area contributed by atoms with Gasteiger partial charge in [0, 0.05) is 47.9 Å². The van der Waals surface area contributed by atoms with Crippen LogP contribution in [0.2, 0.25) is 5.02 Å². The van der Waals surface area contributed by atoms with Gasteiger partial charge in [-0.05, 0) is 73.4 Å². The van der Waals surface area contributed by atoms with E-state index in [2.05, 4.69) is 16.0 Å². The Morgan fingerprint density at radius 3 is 2.57 bits per heavy atom. The number of ether oxygens (including phenoxy) is 2. The number of anilines is 1. The van der Waals surface area contributed by atoms with Gasteiger partial charge in [-0.15, -0.1) is 0 Å². The average molecular weight is 655 g/mol. The normalized spacial score (nSPS) is 25.1. The number of halogens is 3. The van der Waals surface area contributed by atoms with Crippen LogP contribution in [-0.4, -0.2) is 77.9 Å². The third kappa shape index (κ3) is 7.09. The van der Waals surface area contributed by atoms with Crippen LogP contribution in [0.1, 0.15) is 36.0 Å². The lowest BCUT2D eigenvalue weighted by Crippen LogP contribution is -2.51. The molecule has 3 aromatic carbocycles. The van der Waals surface area contributed by atoms with Gasteiger partial charge >= 0.3 is 6.03 Å². The minimum atomic E-state index is -0.929. The van der Waals surface area contributed by atoms with Crippen LogP contribution in [0.4, 0.5) is 19.3 Å². The Hall–Kier alpha value is -4.26. The fraction of sp³-hybridized carbons (Fsp3) is 0.364. The summed E-state index contributed by atoms with van der Waals surface area (Å²) in [6, 6.07) is 12.3. The third-order valence-corrected chi connectivity index (χ3v) is 8.77. The number of nitrogens with one attached hydrogen (secondary N) is 3. The van der Waals surface area contributed by atoms with E-state index in [4.69, 9.17) is 21.1 Å². The number of benzene rings is 3. The van der Waals surface area contributed by atoms with Gasteiger partial charge in [-0.1, -0.05) is 17.7 Å². The van der Waals surface area contributed by atoms with Gasteiger partial charge < -0.3 is 35.4 Å². The van der Waals surface area contributed by atoms with E-state index in [9.17, 15) is 28.3 Å². The molecule has 0 aromatic heterocycles. The van der Waals surface area contributed by atoms with Crippen LogP contribution < -0.4 is 20.7 Å². The first kappa shape index (κ1) is 31.7. The standard InChI is InChI=1S/C33H33ClF2N4O6/c34-19-2-5-21(6-3-19)39-33(44)40-17-22-15-27(40)32(43)37-16-30-28(41)10-7-23(46-30)11-12-45-29-13-18(1-8-25(29)31(42)38-22)24-9-4-20(35)14-26(24)36/h1-6,8-9,13-14,22-23,27-28,30,41H,7,10-12,15-17H2,(H,37,43)(H,38,42)(H,39,44)/t22-,23-,27-,28-,30+/m0/s1. The summed E-state index contributed by atoms with van der Waals surface area (Å²) in [5.41, 5.74) is 1.17. The van der Waals surface area contributed by atoms with E-state index < -0.39 is 53.8 Å². The van der Waals surface area contributed by atoms with Gasteiger partial charge in [-0.3, -0.25) is 9.59 Å². The van der Waals surface area contributed by atoms with Crippen LogP contribution in [0.3, 0.4) is 0 Å². The second kappa shape index (κ2) is 13.6. The molecule has 46 heavy (non-hydrogen) atoms. The summed E-state index contributed by atoms with van der Waals surface area (Å²) < 4.78 is 40.4. The van der Waals surface area contributed by atoms with Gasteiger partial charge in [0.25, 0.3) is 5.91 Å². The van der Waals surface area contributed by atoms with Crippen LogP contribution in [0.15, 0.2) is 60.7 Å². The summed E-state index contributed by atoms with van der Waals surface area (Å²) in [6.45, 7) is 0.218. The van der Waals surface area contributed by atoms with Crippen molar-refractivity contribution in [1.29, 1.82) is 0 Å². The van der Waals surface area contributed by atoms with Crippen molar-refractivity contribution in [2.75, 3.05) is 25.0 Å². The second-order valence-corrected chi connectivity index (χ2v) is 12.1. The topological polar surface area (TPSA) is 129 Å². The molecule has 2 fully saturated rings. The highest BCUT2D eigenvalue weighted by molar-refractivity contribution is 6.30. The zero-order valence-electron chi connectivity index (χ0n) is 24.7. The lowest BCUT2D eigenvalue weighted by molar-refractivity contribution is -0.133. The van der Waals surface area contributed by atoms with Gasteiger partial charge in [0.2, 0.25) is 5.91 Å². The molecule has 3 aromatic rings. The molecule has 10 nitrogen and oxygen atoms in total. The highest BCUT2D eigenvalue weighted by Crippen LogP contribution is 2.31. The van der Waals surface area contributed by atoms with E-state index in [1.54, 1.807) is 30.3 Å². The fourth-order valence-electron chi connectivity index (χ4n) is 6.09. The lowest BCUT2D eigenvalue weighted by Gasteiger charge is -2.34. The Balaban J connectivity index is 1.30. The largest absolute Gasteiger partial charge is 0.493 e. The Kier molecular flexibility index (Phi) is 9.39. The monoisotopic (exact) mass is 654 g/mol. The molecule has 4 bridgehead atoms. The summed E-state index contributed by atoms with van der Waals surface area (Å²) in [6.07, 6.45) is -0.167. The highest BCUT2D eigenvalue weighted by Gasteiger charge is 2.41. The molecular formula is C33H33ClF2N4O6. The number of rotatable bonds is 2. The van der Waals surface area contributed by atoms with E-state index in [-0.39, 0.29) is 49.1 Å². The van der Waals surface area contributed by atoms with Crippen LogP contribution in [0.5, 0.6) is 5.75 Å². The van der Waals surface area contributed by atoms with E-state index in [1.165, 1.54) is 23.1 Å². The zero-order valence-corrected chi connectivity index (χ0v) is 25.4. The minimum absolute atomic E-state index is 0.0307. The van der Waals surface area contributed by atoms with Crippen LogP contribution >= 0.6 is 11.6 Å². The molecule has 0 radical (unpaired) electrons. The molecule has 5 atom stereocenters. The molecule has 3 heterocycles. The van der Waals surface area contributed by atoms with Crippen molar-refractivity contribution in [3.63, 3.8) is 0 Å². The third-order valence-electron chi connectivity index (χ3n) is 8.52. The number of aliphatic hydroxyl groups excluding tert-OH is 1. The molecule has 0 spiro atoms. The number of hydrogen-bond donors (Lipinski definition) is 4. The molecule has 4 amide bonds. The van der Waals surface area contributed by atoms with Crippen molar-refractivity contribution in [3.8, 4) is 16.9 Å². The summed E-state index contributed by atoms with van der Waals surface area (Å²) >= 11 is 5.97. The van der Waals surface area contributed by atoms with Crippen molar-refractivity contribution in [2.24, 2.45) is 0 Å². The van der Waals surface area contributed by atoms with Crippen molar-refractivity contribution in [1.82, 2.24) is 15.5 Å². The lowest BCUT2D eigenvalue weighted by atomic mass is 9.99. The van der Waals surface area contributed by atoms with E-state index in [1.807, 2.05) is 0 Å². The first-order chi connectivity index (χ1) is 22.1. The van der Waals surface area contributed by atoms with Crippen molar-refractivity contribution in [3.05, 3.63) is 82.9 Å². The Labute approximate surface area is 269 Å². The average Bonchev–Trinajstić information content (AvgIpc) is 3.45. The van der Waals surface area contributed by atoms with Gasteiger partial charge in [0.1, 0.15) is 29.5 Å². The molecule has 3 aliphatic heterocycles. The molecular weight excluding hydrogens is 622 g/mol. The molecule has 13 heteroatoms. The smallest absolute Gasteiger partial charge is 0.322 e. The number of urea groups is 1. The molecule has 0 unspecified atom stereocenters. The van der Waals surface area contributed by atoms with Crippen molar-refractivity contribution < 1.29 is 37.7 Å². The molecule has 4 N–H and O–H groups in total. The van der Waals surface area contributed by atoms with E-state index in [0.717, 1.165) is 12.1 Å². The predicted octanol–water partition coefficient (Wildman–Crippen LogP) is 4.50. The Morgan fingerprint density at radius 1 is 1.00 bits per heavy atom. The number of amides is 4. The van der Waals surface area contributed by atoms with Gasteiger partial charge in [-0.2, -0.15) is 0 Å². The Bertz CT molecular complexity index is 1630. The van der Waals surface area contributed by atoms with Crippen molar-refractivity contribution in [2.45, 2.75) is 56.1 Å². The number of aliphatic hydroxyl groups is 1. The van der Waals surface area contributed by atoms with Gasteiger partial charge in [-0.25, -0.2) is 13.6 Å². The van der Waals surface area contributed by atoms with Crippen molar-refractivity contribution >= 4 is 35.1 Å². The quantitative estimate of drug-likeness (QED) is 0.322. The van der Waals surface area contributed by atoms with E-state index in [0.29, 0.717) is 35.5 Å². The van der Waals surface area contributed by atoms with Gasteiger partial charge in [0.15, 0.2) is 0 Å². The molecule has 242 valence electrons. The summed E-state index contributed by atoms with van der Waals surface area (Å²) in [7, 11) is 0. The first-order valence-corrected chi connectivity index (χ1v) is 15.5. The molecule has 2 saturated heterocycles. The van der Waals surface area contributed by atoms with Crippen LogP contribution in [0, 0.1) is 11.6 Å². The highest BCUT2D eigenvalue weighted by atomic mass is 35.5. The number of fused-ring (bicyclic) bond motifs is 5. The van der Waals surface area contributed by atoms with Crippen LogP contribution in [0.25, 0.3) is 11.1 Å².